The predicted molar refractivity (Wildman–Crippen MR) is 87.9 cm³/mol. The number of aromatic carboxylic acids is 1. The molecule has 0 bridgehead atoms. The van der Waals surface area contributed by atoms with Gasteiger partial charge in [0.2, 0.25) is 5.91 Å². The molecule has 1 aromatic carbocycles. The third kappa shape index (κ3) is 10.5. The average molecular weight is 328 g/mol. The monoisotopic (exact) mass is 328 g/mol. The molecular weight excluding hydrogens is 301 g/mol. The van der Waals surface area contributed by atoms with Crippen LogP contribution in [0.25, 0.3) is 0 Å². The van der Waals surface area contributed by atoms with Crippen molar-refractivity contribution in [1.29, 1.82) is 0 Å². The molecule has 0 spiro atoms. The van der Waals surface area contributed by atoms with Crippen LogP contribution in [0.1, 0.15) is 74.2 Å². The molecule has 4 nitrogen and oxygen atoms in total. The number of nitrogens with one attached hydrogen (secondary N) is 1. The minimum Gasteiger partial charge on any atom is -0.478 e. The quantitative estimate of drug-likeness (QED) is 0.473. The number of hydrogen-bond acceptors (Lipinski definition) is 2. The van der Waals surface area contributed by atoms with E-state index in [4.69, 9.17) is 5.11 Å². The summed E-state index contributed by atoms with van der Waals surface area (Å²) in [6, 6.07) is 6.58. The van der Waals surface area contributed by atoms with Crippen molar-refractivity contribution in [2.45, 2.75) is 64.8 Å². The third-order valence-corrected chi connectivity index (χ3v) is 3.70. The second kappa shape index (κ2) is 13.6. The van der Waals surface area contributed by atoms with E-state index >= 15 is 0 Å². The van der Waals surface area contributed by atoms with Gasteiger partial charge in [-0.15, -0.1) is 0 Å². The molecule has 23 heavy (non-hydrogen) atoms. The number of amides is 1. The summed E-state index contributed by atoms with van der Waals surface area (Å²) in [7, 11) is 0. The van der Waals surface area contributed by atoms with Crippen LogP contribution in [0.4, 0.5) is 0 Å². The van der Waals surface area contributed by atoms with Crippen LogP contribution in [0.15, 0.2) is 24.3 Å². The SMILES string of the molecule is CCCCCCCCCC(=O)NCc1ccc(C(=O)O)cc1.[Na+]. The molecule has 0 atom stereocenters. The van der Waals surface area contributed by atoms with Crippen molar-refractivity contribution in [2.24, 2.45) is 0 Å². The molecule has 0 fully saturated rings. The molecule has 0 heterocycles. The van der Waals surface area contributed by atoms with E-state index in [2.05, 4.69) is 12.2 Å². The minimum absolute atomic E-state index is 0. The maximum absolute atomic E-state index is 11.7. The van der Waals surface area contributed by atoms with Gasteiger partial charge in [-0.3, -0.25) is 4.79 Å². The van der Waals surface area contributed by atoms with Crippen molar-refractivity contribution in [3.05, 3.63) is 35.4 Å². The largest absolute Gasteiger partial charge is 1.00 e. The summed E-state index contributed by atoms with van der Waals surface area (Å²) in [4.78, 5) is 22.5. The Hall–Kier alpha value is -0.840. The Kier molecular flexibility index (Phi) is 13.1. The van der Waals surface area contributed by atoms with Crippen molar-refractivity contribution in [2.75, 3.05) is 0 Å². The van der Waals surface area contributed by atoms with E-state index in [0.29, 0.717) is 13.0 Å². The molecule has 1 rings (SSSR count). The Balaban J connectivity index is 0.00000484. The van der Waals surface area contributed by atoms with Crippen LogP contribution in [0.3, 0.4) is 0 Å². The Morgan fingerprint density at radius 3 is 2.09 bits per heavy atom. The number of carboxylic acids is 1. The summed E-state index contributed by atoms with van der Waals surface area (Å²) in [6.07, 6.45) is 8.97. The van der Waals surface area contributed by atoms with E-state index in [1.807, 2.05) is 0 Å². The van der Waals surface area contributed by atoms with Gasteiger partial charge in [0.25, 0.3) is 0 Å². The van der Waals surface area contributed by atoms with Crippen LogP contribution >= 0.6 is 0 Å². The van der Waals surface area contributed by atoms with Crippen molar-refractivity contribution < 1.29 is 44.3 Å². The van der Waals surface area contributed by atoms with Crippen molar-refractivity contribution in [3.8, 4) is 0 Å². The Morgan fingerprint density at radius 2 is 1.52 bits per heavy atom. The summed E-state index contributed by atoms with van der Waals surface area (Å²) in [5.74, 6) is -0.870. The topological polar surface area (TPSA) is 66.4 Å². The van der Waals surface area contributed by atoms with Crippen LogP contribution < -0.4 is 34.9 Å². The number of benzene rings is 1. The van der Waals surface area contributed by atoms with Crippen LogP contribution in [-0.2, 0) is 11.3 Å². The van der Waals surface area contributed by atoms with Crippen molar-refractivity contribution >= 4 is 11.9 Å². The first-order valence-corrected chi connectivity index (χ1v) is 8.22. The molecule has 1 aromatic rings. The van der Waals surface area contributed by atoms with Crippen LogP contribution in [0.5, 0.6) is 0 Å². The zero-order valence-electron chi connectivity index (χ0n) is 14.4. The molecule has 0 saturated heterocycles. The molecule has 5 heteroatoms. The Labute approximate surface area is 161 Å². The fourth-order valence-electron chi connectivity index (χ4n) is 2.30. The maximum atomic E-state index is 11.7. The first-order chi connectivity index (χ1) is 10.6. The zero-order chi connectivity index (χ0) is 16.2. The van der Waals surface area contributed by atoms with Crippen molar-refractivity contribution in [1.82, 2.24) is 5.32 Å². The summed E-state index contributed by atoms with van der Waals surface area (Å²) < 4.78 is 0. The van der Waals surface area contributed by atoms with Gasteiger partial charge in [0, 0.05) is 13.0 Å². The summed E-state index contributed by atoms with van der Waals surface area (Å²) >= 11 is 0. The van der Waals surface area contributed by atoms with Crippen LogP contribution in [0, 0.1) is 0 Å². The maximum Gasteiger partial charge on any atom is 1.00 e. The second-order valence-corrected chi connectivity index (χ2v) is 5.65. The number of carbonyl (C=O) groups excluding carboxylic acids is 1. The first kappa shape index (κ1) is 22.2. The van der Waals surface area contributed by atoms with Gasteiger partial charge in [-0.2, -0.15) is 0 Å². The Morgan fingerprint density at radius 1 is 0.957 bits per heavy atom. The van der Waals surface area contributed by atoms with Gasteiger partial charge in [-0.1, -0.05) is 57.6 Å². The fourth-order valence-corrected chi connectivity index (χ4v) is 2.30. The standard InChI is InChI=1S/C18H27NO3.Na/c1-2-3-4-5-6-7-8-9-17(20)19-14-15-10-12-16(13-11-15)18(21)22;/h10-13H,2-9,14H2,1H3,(H,19,20)(H,21,22);/q;+1. The van der Waals surface area contributed by atoms with E-state index in [0.717, 1.165) is 18.4 Å². The van der Waals surface area contributed by atoms with Gasteiger partial charge < -0.3 is 10.4 Å². The molecule has 0 unspecified atom stereocenters. The number of hydrogen-bond donors (Lipinski definition) is 2. The summed E-state index contributed by atoms with van der Waals surface area (Å²) in [5, 5.41) is 11.7. The predicted octanol–water partition coefficient (Wildman–Crippen LogP) is 1.15. The van der Waals surface area contributed by atoms with Gasteiger partial charge in [0.15, 0.2) is 0 Å². The molecular formula is C18H27NNaO3+. The molecule has 0 aliphatic rings. The van der Waals surface area contributed by atoms with Gasteiger partial charge in [0.1, 0.15) is 0 Å². The smallest absolute Gasteiger partial charge is 0.478 e. The summed E-state index contributed by atoms with van der Waals surface area (Å²) in [5.41, 5.74) is 1.18. The molecule has 0 aromatic heterocycles. The van der Waals surface area contributed by atoms with Gasteiger partial charge in [-0.25, -0.2) is 4.79 Å². The number of carbonyl (C=O) groups is 2. The summed E-state index contributed by atoms with van der Waals surface area (Å²) in [6.45, 7) is 2.66. The van der Waals surface area contributed by atoms with E-state index in [-0.39, 0.29) is 41.0 Å². The molecule has 0 aliphatic carbocycles. The van der Waals surface area contributed by atoms with E-state index in [9.17, 15) is 9.59 Å². The van der Waals surface area contributed by atoms with Crippen LogP contribution in [0.2, 0.25) is 0 Å². The fraction of sp³-hybridized carbons (Fsp3) is 0.556. The van der Waals surface area contributed by atoms with E-state index in [1.54, 1.807) is 24.3 Å². The molecule has 0 aliphatic heterocycles. The second-order valence-electron chi connectivity index (χ2n) is 5.65. The first-order valence-electron chi connectivity index (χ1n) is 8.22. The minimum atomic E-state index is -0.936. The average Bonchev–Trinajstić information content (AvgIpc) is 2.52. The number of rotatable bonds is 11. The van der Waals surface area contributed by atoms with Gasteiger partial charge in [-0.05, 0) is 24.1 Å². The van der Waals surface area contributed by atoms with Crippen LogP contribution in [-0.4, -0.2) is 17.0 Å². The molecule has 122 valence electrons. The molecule has 0 saturated carbocycles. The van der Waals surface area contributed by atoms with Crippen molar-refractivity contribution in [3.63, 3.8) is 0 Å². The molecule has 0 radical (unpaired) electrons. The Bertz CT molecular complexity index is 460. The number of carboxylic acid groups (broad SMARTS) is 1. The number of unbranched alkanes of at least 4 members (excludes halogenated alkanes) is 6. The third-order valence-electron chi connectivity index (χ3n) is 3.70. The zero-order valence-corrected chi connectivity index (χ0v) is 16.4. The molecule has 2 N–H and O–H groups in total. The molecule has 1 amide bonds. The van der Waals surface area contributed by atoms with E-state index < -0.39 is 5.97 Å². The van der Waals surface area contributed by atoms with E-state index in [1.165, 1.54) is 32.1 Å². The van der Waals surface area contributed by atoms with Gasteiger partial charge in [0.05, 0.1) is 5.56 Å². The van der Waals surface area contributed by atoms with Gasteiger partial charge >= 0.3 is 35.5 Å². The normalized spacial score (nSPS) is 9.96.